The van der Waals surface area contributed by atoms with Gasteiger partial charge in [-0.3, -0.25) is 0 Å². The first-order valence-corrected chi connectivity index (χ1v) is 3.89. The lowest BCUT2D eigenvalue weighted by molar-refractivity contribution is 1.14. The van der Waals surface area contributed by atoms with Crippen LogP contribution in [-0.2, 0) is 11.5 Å². The molecule has 3 nitrogen and oxygen atoms in total. The van der Waals surface area contributed by atoms with E-state index < -0.39 is 0 Å². The number of hydrogen-bond donors (Lipinski definition) is 2. The Bertz CT molecular complexity index is 250. The molecule has 0 fully saturated rings. The highest BCUT2D eigenvalue weighted by Gasteiger charge is 2.12. The highest BCUT2D eigenvalue weighted by molar-refractivity contribution is 7.98. The van der Waals surface area contributed by atoms with Crippen molar-refractivity contribution < 1.29 is 0 Å². The molecule has 0 atom stereocenters. The smallest absolute Gasteiger partial charge is 0.309 e. The standard InChI is InChI=1S/C5H6N2OS/c8-5-6-3-1-9-2-4(3)7-5/h1-2H2,(H2,6,7,8). The maximum atomic E-state index is 10.6. The van der Waals surface area contributed by atoms with Crippen LogP contribution in [0, 0.1) is 0 Å². The summed E-state index contributed by atoms with van der Waals surface area (Å²) in [5.41, 5.74) is 2.08. The number of hydrogen-bond acceptors (Lipinski definition) is 2. The minimum absolute atomic E-state index is 0.0692. The maximum absolute atomic E-state index is 10.6. The van der Waals surface area contributed by atoms with E-state index >= 15 is 0 Å². The summed E-state index contributed by atoms with van der Waals surface area (Å²) in [5.74, 6) is 1.90. The number of rotatable bonds is 0. The predicted octanol–water partition coefficient (Wildman–Crippen LogP) is 0.450. The number of nitrogens with one attached hydrogen (secondary N) is 2. The quantitative estimate of drug-likeness (QED) is 0.552. The second kappa shape index (κ2) is 1.67. The molecule has 1 aromatic heterocycles. The highest BCUT2D eigenvalue weighted by Crippen LogP contribution is 2.24. The van der Waals surface area contributed by atoms with Gasteiger partial charge >= 0.3 is 5.69 Å². The van der Waals surface area contributed by atoms with Gasteiger partial charge in [-0.15, -0.1) is 11.8 Å². The fourth-order valence-electron chi connectivity index (χ4n) is 0.958. The molecule has 0 saturated heterocycles. The van der Waals surface area contributed by atoms with Gasteiger partial charge in [0.15, 0.2) is 0 Å². The van der Waals surface area contributed by atoms with Crippen molar-refractivity contribution in [3.05, 3.63) is 21.9 Å². The Hall–Kier alpha value is -0.640. The van der Waals surface area contributed by atoms with Gasteiger partial charge in [-0.1, -0.05) is 0 Å². The average molecular weight is 142 g/mol. The van der Waals surface area contributed by atoms with Gasteiger partial charge in [0.25, 0.3) is 0 Å². The van der Waals surface area contributed by atoms with E-state index in [0.29, 0.717) is 0 Å². The molecule has 48 valence electrons. The molecule has 0 aliphatic carbocycles. The lowest BCUT2D eigenvalue weighted by Crippen LogP contribution is -2.01. The van der Waals surface area contributed by atoms with E-state index in [2.05, 4.69) is 9.97 Å². The van der Waals surface area contributed by atoms with Crippen LogP contribution in [0.4, 0.5) is 0 Å². The number of aromatic amines is 2. The summed E-state index contributed by atoms with van der Waals surface area (Å²) in [6.45, 7) is 0. The highest BCUT2D eigenvalue weighted by atomic mass is 32.2. The van der Waals surface area contributed by atoms with Crippen LogP contribution in [-0.4, -0.2) is 9.97 Å². The molecule has 0 aromatic carbocycles. The number of imidazole rings is 1. The van der Waals surface area contributed by atoms with Crippen LogP contribution in [0.3, 0.4) is 0 Å². The fraction of sp³-hybridized carbons (Fsp3) is 0.400. The Kier molecular flexibility index (Phi) is 0.958. The zero-order valence-corrected chi connectivity index (χ0v) is 5.55. The van der Waals surface area contributed by atoms with Crippen molar-refractivity contribution in [2.24, 2.45) is 0 Å². The summed E-state index contributed by atoms with van der Waals surface area (Å²) >= 11 is 1.82. The zero-order chi connectivity index (χ0) is 6.27. The molecule has 0 unspecified atom stereocenters. The minimum Gasteiger partial charge on any atom is -0.309 e. The predicted molar refractivity (Wildman–Crippen MR) is 36.4 cm³/mol. The molecule has 1 aromatic rings. The van der Waals surface area contributed by atoms with Crippen LogP contribution in [0.2, 0.25) is 0 Å². The Balaban J connectivity index is 2.64. The number of aromatic nitrogens is 2. The molecule has 0 bridgehead atoms. The molecule has 1 aliphatic heterocycles. The van der Waals surface area contributed by atoms with Gasteiger partial charge < -0.3 is 9.97 Å². The lowest BCUT2D eigenvalue weighted by atomic mass is 10.4. The first-order valence-electron chi connectivity index (χ1n) is 2.74. The van der Waals surface area contributed by atoms with Crippen molar-refractivity contribution in [2.75, 3.05) is 0 Å². The molecule has 0 radical (unpaired) electrons. The molecule has 2 rings (SSSR count). The van der Waals surface area contributed by atoms with Gasteiger partial charge in [0.1, 0.15) is 0 Å². The molecule has 0 saturated carbocycles. The van der Waals surface area contributed by atoms with Gasteiger partial charge in [-0.2, -0.15) is 0 Å². The van der Waals surface area contributed by atoms with Crippen LogP contribution in [0.1, 0.15) is 11.4 Å². The van der Waals surface area contributed by atoms with Crippen LogP contribution >= 0.6 is 11.8 Å². The van der Waals surface area contributed by atoms with Crippen molar-refractivity contribution in [1.29, 1.82) is 0 Å². The molecule has 0 amide bonds. The Labute approximate surface area is 55.9 Å². The SMILES string of the molecule is O=c1[nH]c2c([nH]1)CSC2. The van der Waals surface area contributed by atoms with Crippen LogP contribution in [0.15, 0.2) is 4.79 Å². The number of fused-ring (bicyclic) bond motifs is 1. The molecule has 1 aliphatic rings. The van der Waals surface area contributed by atoms with E-state index in [1.807, 2.05) is 11.8 Å². The molecule has 9 heavy (non-hydrogen) atoms. The second-order valence-electron chi connectivity index (χ2n) is 2.03. The summed E-state index contributed by atoms with van der Waals surface area (Å²) < 4.78 is 0. The summed E-state index contributed by atoms with van der Waals surface area (Å²) in [6, 6.07) is 0. The fourth-order valence-corrected chi connectivity index (χ4v) is 1.96. The topological polar surface area (TPSA) is 48.6 Å². The first kappa shape index (κ1) is 5.17. The monoisotopic (exact) mass is 142 g/mol. The van der Waals surface area contributed by atoms with Gasteiger partial charge in [0, 0.05) is 22.9 Å². The lowest BCUT2D eigenvalue weighted by Gasteiger charge is -1.78. The van der Waals surface area contributed by atoms with E-state index in [9.17, 15) is 4.79 Å². The van der Waals surface area contributed by atoms with Crippen molar-refractivity contribution in [3.8, 4) is 0 Å². The third-order valence-corrected chi connectivity index (χ3v) is 2.37. The van der Waals surface area contributed by atoms with Gasteiger partial charge in [0.2, 0.25) is 0 Å². The van der Waals surface area contributed by atoms with E-state index in [1.54, 1.807) is 0 Å². The van der Waals surface area contributed by atoms with Crippen molar-refractivity contribution >= 4 is 11.8 Å². The largest absolute Gasteiger partial charge is 0.323 e. The van der Waals surface area contributed by atoms with Gasteiger partial charge in [0.05, 0.1) is 0 Å². The molecular formula is C5H6N2OS. The molecule has 4 heteroatoms. The Morgan fingerprint density at radius 2 is 1.78 bits per heavy atom. The van der Waals surface area contributed by atoms with Gasteiger partial charge in [-0.25, -0.2) is 4.79 Å². The van der Waals surface area contributed by atoms with Crippen molar-refractivity contribution in [1.82, 2.24) is 9.97 Å². The number of H-pyrrole nitrogens is 2. The molecule has 2 N–H and O–H groups in total. The summed E-state index contributed by atoms with van der Waals surface area (Å²) in [6.07, 6.45) is 0. The molecular weight excluding hydrogens is 136 g/mol. The van der Waals surface area contributed by atoms with Crippen molar-refractivity contribution in [3.63, 3.8) is 0 Å². The zero-order valence-electron chi connectivity index (χ0n) is 4.73. The van der Waals surface area contributed by atoms with Crippen molar-refractivity contribution in [2.45, 2.75) is 11.5 Å². The summed E-state index contributed by atoms with van der Waals surface area (Å²) in [4.78, 5) is 16.0. The minimum atomic E-state index is -0.0692. The van der Waals surface area contributed by atoms with E-state index in [-0.39, 0.29) is 5.69 Å². The Morgan fingerprint density at radius 3 is 2.33 bits per heavy atom. The average Bonchev–Trinajstić information content (AvgIpc) is 2.22. The maximum Gasteiger partial charge on any atom is 0.323 e. The Morgan fingerprint density at radius 1 is 1.22 bits per heavy atom. The van der Waals surface area contributed by atoms with E-state index in [4.69, 9.17) is 0 Å². The molecule has 0 spiro atoms. The molecule has 2 heterocycles. The number of thioether (sulfide) groups is 1. The van der Waals surface area contributed by atoms with E-state index in [0.717, 1.165) is 22.9 Å². The summed E-state index contributed by atoms with van der Waals surface area (Å²) in [5, 5.41) is 0. The second-order valence-corrected chi connectivity index (χ2v) is 3.01. The summed E-state index contributed by atoms with van der Waals surface area (Å²) in [7, 11) is 0. The van der Waals surface area contributed by atoms with Crippen LogP contribution in [0.25, 0.3) is 0 Å². The van der Waals surface area contributed by atoms with Crippen LogP contribution < -0.4 is 5.69 Å². The van der Waals surface area contributed by atoms with Crippen LogP contribution in [0.5, 0.6) is 0 Å². The third kappa shape index (κ3) is 0.702. The first-order chi connectivity index (χ1) is 4.36. The normalized spacial score (nSPS) is 16.0. The third-order valence-electron chi connectivity index (χ3n) is 1.39. The van der Waals surface area contributed by atoms with Gasteiger partial charge in [-0.05, 0) is 0 Å². The van der Waals surface area contributed by atoms with E-state index in [1.165, 1.54) is 0 Å².